The van der Waals surface area contributed by atoms with Gasteiger partial charge in [-0.25, -0.2) is 4.79 Å². The van der Waals surface area contributed by atoms with Gasteiger partial charge in [-0.15, -0.1) is 0 Å². The van der Waals surface area contributed by atoms with Gasteiger partial charge in [-0.1, -0.05) is 13.8 Å². The van der Waals surface area contributed by atoms with Gasteiger partial charge in [0.1, 0.15) is 17.1 Å². The maximum absolute atomic E-state index is 11.1. The molecule has 0 heterocycles. The highest BCUT2D eigenvalue weighted by Gasteiger charge is 2.14. The predicted octanol–water partition coefficient (Wildman–Crippen LogP) is 3.35. The summed E-state index contributed by atoms with van der Waals surface area (Å²) in [6.07, 6.45) is 1.70. The fourth-order valence-corrected chi connectivity index (χ4v) is 1.39. The first-order chi connectivity index (χ1) is 8.58. The number of rotatable bonds is 7. The molecule has 0 aromatic heterocycles. The van der Waals surface area contributed by atoms with Crippen LogP contribution in [0.15, 0.2) is 18.2 Å². The van der Waals surface area contributed by atoms with E-state index in [1.54, 1.807) is 12.1 Å². The minimum Gasteiger partial charge on any atom is -0.493 e. The largest absolute Gasteiger partial charge is 0.493 e. The summed E-state index contributed by atoms with van der Waals surface area (Å²) in [5.41, 5.74) is 0.166. The van der Waals surface area contributed by atoms with Gasteiger partial charge in [0.15, 0.2) is 0 Å². The van der Waals surface area contributed by atoms with E-state index in [2.05, 4.69) is 0 Å². The van der Waals surface area contributed by atoms with Crippen LogP contribution < -0.4 is 9.47 Å². The van der Waals surface area contributed by atoms with Gasteiger partial charge in [0.25, 0.3) is 0 Å². The third kappa shape index (κ3) is 3.95. The van der Waals surface area contributed by atoms with Gasteiger partial charge in [0.05, 0.1) is 12.7 Å². The van der Waals surface area contributed by atoms with Crippen molar-refractivity contribution in [1.82, 2.24) is 0 Å². The Bertz CT molecular complexity index is 401. The molecule has 0 spiro atoms. The molecule has 100 valence electrons. The van der Waals surface area contributed by atoms with E-state index in [-0.39, 0.29) is 11.7 Å². The summed E-state index contributed by atoms with van der Waals surface area (Å²) in [5, 5.41) is 9.10. The standard InChI is InChI=1S/C14H20O4/c1-4-8-17-11-6-7-12(14(15)16)13(9-11)18-10(3)5-2/h6-7,9-10H,4-5,8H2,1-3H3,(H,15,16). The minimum absolute atomic E-state index is 0.0236. The zero-order valence-corrected chi connectivity index (χ0v) is 11.1. The fourth-order valence-electron chi connectivity index (χ4n) is 1.39. The highest BCUT2D eigenvalue weighted by atomic mass is 16.5. The molecule has 1 unspecified atom stereocenters. The van der Waals surface area contributed by atoms with Crippen molar-refractivity contribution in [1.29, 1.82) is 0 Å². The van der Waals surface area contributed by atoms with Crippen molar-refractivity contribution in [2.45, 2.75) is 39.7 Å². The number of hydrogen-bond acceptors (Lipinski definition) is 3. The molecule has 18 heavy (non-hydrogen) atoms. The van der Waals surface area contributed by atoms with Crippen LogP contribution in [0.2, 0.25) is 0 Å². The second kappa shape index (κ2) is 6.89. The molecule has 0 saturated heterocycles. The van der Waals surface area contributed by atoms with E-state index in [0.717, 1.165) is 12.8 Å². The van der Waals surface area contributed by atoms with E-state index in [1.165, 1.54) is 6.07 Å². The maximum atomic E-state index is 11.1. The van der Waals surface area contributed by atoms with Crippen molar-refractivity contribution >= 4 is 5.97 Å². The van der Waals surface area contributed by atoms with Gasteiger partial charge in [0.2, 0.25) is 0 Å². The molecular formula is C14H20O4. The van der Waals surface area contributed by atoms with Crippen molar-refractivity contribution in [3.8, 4) is 11.5 Å². The topological polar surface area (TPSA) is 55.8 Å². The molecule has 0 aliphatic heterocycles. The van der Waals surface area contributed by atoms with Crippen LogP contribution in [-0.4, -0.2) is 23.8 Å². The lowest BCUT2D eigenvalue weighted by atomic mass is 10.2. The van der Waals surface area contributed by atoms with Crippen LogP contribution in [0.3, 0.4) is 0 Å². The molecule has 1 rings (SSSR count). The Morgan fingerprint density at radius 2 is 2.11 bits per heavy atom. The van der Waals surface area contributed by atoms with E-state index in [9.17, 15) is 4.79 Å². The number of benzene rings is 1. The van der Waals surface area contributed by atoms with Crippen LogP contribution in [-0.2, 0) is 0 Å². The monoisotopic (exact) mass is 252 g/mol. The van der Waals surface area contributed by atoms with Crippen molar-refractivity contribution in [2.24, 2.45) is 0 Å². The third-order valence-corrected chi connectivity index (χ3v) is 2.56. The first-order valence-electron chi connectivity index (χ1n) is 6.25. The van der Waals surface area contributed by atoms with Crippen molar-refractivity contribution in [3.63, 3.8) is 0 Å². The van der Waals surface area contributed by atoms with Crippen LogP contribution in [0.1, 0.15) is 44.0 Å². The molecule has 0 fully saturated rings. The molecule has 0 aliphatic rings. The lowest BCUT2D eigenvalue weighted by Crippen LogP contribution is -2.13. The van der Waals surface area contributed by atoms with E-state index in [0.29, 0.717) is 18.1 Å². The Balaban J connectivity index is 2.95. The predicted molar refractivity (Wildman–Crippen MR) is 69.6 cm³/mol. The van der Waals surface area contributed by atoms with Gasteiger partial charge in [-0.05, 0) is 31.9 Å². The molecule has 0 radical (unpaired) electrons. The molecule has 0 saturated carbocycles. The highest BCUT2D eigenvalue weighted by Crippen LogP contribution is 2.26. The quantitative estimate of drug-likeness (QED) is 0.808. The summed E-state index contributed by atoms with van der Waals surface area (Å²) in [4.78, 5) is 11.1. The van der Waals surface area contributed by atoms with Crippen molar-refractivity contribution < 1.29 is 19.4 Å². The van der Waals surface area contributed by atoms with Crippen LogP contribution in [0, 0.1) is 0 Å². The van der Waals surface area contributed by atoms with Crippen LogP contribution in [0.4, 0.5) is 0 Å². The molecular weight excluding hydrogens is 232 g/mol. The zero-order valence-electron chi connectivity index (χ0n) is 11.1. The molecule has 1 aromatic carbocycles. The average molecular weight is 252 g/mol. The third-order valence-electron chi connectivity index (χ3n) is 2.56. The second-order valence-corrected chi connectivity index (χ2v) is 4.15. The molecule has 1 N–H and O–H groups in total. The first kappa shape index (κ1) is 14.4. The Morgan fingerprint density at radius 3 is 2.67 bits per heavy atom. The average Bonchev–Trinajstić information content (AvgIpc) is 2.36. The summed E-state index contributed by atoms with van der Waals surface area (Å²) in [5.74, 6) is 0.0148. The number of hydrogen-bond donors (Lipinski definition) is 1. The van der Waals surface area contributed by atoms with E-state index in [1.807, 2.05) is 20.8 Å². The summed E-state index contributed by atoms with van der Waals surface area (Å²) < 4.78 is 11.1. The summed E-state index contributed by atoms with van der Waals surface area (Å²) >= 11 is 0. The van der Waals surface area contributed by atoms with Crippen molar-refractivity contribution in [3.05, 3.63) is 23.8 Å². The maximum Gasteiger partial charge on any atom is 0.339 e. The van der Waals surface area contributed by atoms with Crippen LogP contribution in [0.25, 0.3) is 0 Å². The molecule has 4 heteroatoms. The van der Waals surface area contributed by atoms with Gasteiger partial charge in [-0.3, -0.25) is 0 Å². The molecule has 1 aromatic rings. The van der Waals surface area contributed by atoms with Crippen LogP contribution >= 0.6 is 0 Å². The van der Waals surface area contributed by atoms with Gasteiger partial charge < -0.3 is 14.6 Å². The normalized spacial score (nSPS) is 11.9. The summed E-state index contributed by atoms with van der Waals surface area (Å²) in [7, 11) is 0. The second-order valence-electron chi connectivity index (χ2n) is 4.15. The Morgan fingerprint density at radius 1 is 1.39 bits per heavy atom. The smallest absolute Gasteiger partial charge is 0.339 e. The van der Waals surface area contributed by atoms with E-state index < -0.39 is 5.97 Å². The Kier molecular flexibility index (Phi) is 5.49. The minimum atomic E-state index is -0.990. The number of ether oxygens (including phenoxy) is 2. The van der Waals surface area contributed by atoms with Gasteiger partial charge >= 0.3 is 5.97 Å². The Labute approximate surface area is 108 Å². The van der Waals surface area contributed by atoms with E-state index >= 15 is 0 Å². The SMILES string of the molecule is CCCOc1ccc(C(=O)O)c(OC(C)CC)c1. The first-order valence-corrected chi connectivity index (χ1v) is 6.25. The zero-order chi connectivity index (χ0) is 13.5. The molecule has 0 aliphatic carbocycles. The molecule has 4 nitrogen and oxygen atoms in total. The van der Waals surface area contributed by atoms with Gasteiger partial charge in [-0.2, -0.15) is 0 Å². The number of carbonyl (C=O) groups is 1. The molecule has 0 bridgehead atoms. The highest BCUT2D eigenvalue weighted by molar-refractivity contribution is 5.91. The summed E-state index contributed by atoms with van der Waals surface area (Å²) in [6, 6.07) is 4.82. The lowest BCUT2D eigenvalue weighted by molar-refractivity contribution is 0.0689. The van der Waals surface area contributed by atoms with E-state index in [4.69, 9.17) is 14.6 Å². The van der Waals surface area contributed by atoms with Gasteiger partial charge in [0, 0.05) is 6.07 Å². The number of aromatic carboxylic acids is 1. The lowest BCUT2D eigenvalue weighted by Gasteiger charge is -2.15. The fraction of sp³-hybridized carbons (Fsp3) is 0.500. The van der Waals surface area contributed by atoms with Crippen LogP contribution in [0.5, 0.6) is 11.5 Å². The molecule has 1 atom stereocenters. The number of carboxylic acid groups (broad SMARTS) is 1. The number of carboxylic acids is 1. The summed E-state index contributed by atoms with van der Waals surface area (Å²) in [6.45, 7) is 6.52. The Hall–Kier alpha value is -1.71. The van der Waals surface area contributed by atoms with Crippen molar-refractivity contribution in [2.75, 3.05) is 6.61 Å². The molecule has 0 amide bonds.